The van der Waals surface area contributed by atoms with Gasteiger partial charge in [-0.15, -0.1) is 0 Å². The van der Waals surface area contributed by atoms with E-state index in [9.17, 15) is 4.79 Å². The molecule has 27 heavy (non-hydrogen) atoms. The van der Waals surface area contributed by atoms with Crippen molar-refractivity contribution in [2.75, 3.05) is 0 Å². The number of nitrogens with zero attached hydrogens (tertiary/aromatic N) is 3. The van der Waals surface area contributed by atoms with Crippen molar-refractivity contribution in [2.45, 2.75) is 51.6 Å². The molecule has 0 N–H and O–H groups in total. The van der Waals surface area contributed by atoms with Gasteiger partial charge in [-0.1, -0.05) is 54.2 Å². The highest BCUT2D eigenvalue weighted by Crippen LogP contribution is 2.26. The number of aromatic nitrogens is 2. The standard InChI is InChI=1S/C21H23N3O3/c1-15-9-11-16(12-10-15)20-22-19(27-23-20)14-24(17-6-3-2-4-7-17)21(25)18-8-5-13-26-18/h5,8-13,17H,2-4,6-7,14H2,1H3. The van der Waals surface area contributed by atoms with E-state index in [0.717, 1.165) is 31.2 Å². The van der Waals surface area contributed by atoms with Crippen LogP contribution < -0.4 is 0 Å². The van der Waals surface area contributed by atoms with Crippen molar-refractivity contribution in [3.05, 3.63) is 59.9 Å². The fourth-order valence-corrected chi connectivity index (χ4v) is 3.59. The van der Waals surface area contributed by atoms with Crippen molar-refractivity contribution in [2.24, 2.45) is 0 Å². The number of rotatable bonds is 5. The van der Waals surface area contributed by atoms with Crippen LogP contribution in [0.5, 0.6) is 0 Å². The Kier molecular flexibility index (Phi) is 5.05. The molecule has 2 aromatic heterocycles. The van der Waals surface area contributed by atoms with Crippen molar-refractivity contribution in [3.63, 3.8) is 0 Å². The van der Waals surface area contributed by atoms with Gasteiger partial charge in [0.25, 0.3) is 5.91 Å². The molecule has 6 heteroatoms. The van der Waals surface area contributed by atoms with Crippen LogP contribution in [0.3, 0.4) is 0 Å². The van der Waals surface area contributed by atoms with E-state index in [0.29, 0.717) is 24.0 Å². The Morgan fingerprint density at radius 1 is 1.15 bits per heavy atom. The second-order valence-electron chi connectivity index (χ2n) is 7.08. The lowest BCUT2D eigenvalue weighted by Crippen LogP contribution is -2.40. The predicted octanol–water partition coefficient (Wildman–Crippen LogP) is 4.61. The number of benzene rings is 1. The zero-order valence-electron chi connectivity index (χ0n) is 15.4. The number of furan rings is 1. The van der Waals surface area contributed by atoms with E-state index in [2.05, 4.69) is 10.1 Å². The second-order valence-corrected chi connectivity index (χ2v) is 7.08. The molecule has 1 amide bonds. The fraction of sp³-hybridized carbons (Fsp3) is 0.381. The van der Waals surface area contributed by atoms with Crippen LogP contribution in [0.2, 0.25) is 0 Å². The zero-order valence-corrected chi connectivity index (χ0v) is 15.4. The molecule has 0 bridgehead atoms. The minimum Gasteiger partial charge on any atom is -0.459 e. The quantitative estimate of drug-likeness (QED) is 0.660. The van der Waals surface area contributed by atoms with E-state index in [1.54, 1.807) is 12.1 Å². The molecule has 3 aromatic rings. The Bertz CT molecular complexity index is 878. The third-order valence-electron chi connectivity index (χ3n) is 5.09. The van der Waals surface area contributed by atoms with Gasteiger partial charge in [-0.2, -0.15) is 4.98 Å². The molecular formula is C21H23N3O3. The predicted molar refractivity (Wildman–Crippen MR) is 99.9 cm³/mol. The van der Waals surface area contributed by atoms with Gasteiger partial charge in [-0.25, -0.2) is 0 Å². The Morgan fingerprint density at radius 3 is 2.63 bits per heavy atom. The Hall–Kier alpha value is -2.89. The largest absolute Gasteiger partial charge is 0.459 e. The molecule has 0 aliphatic heterocycles. The van der Waals surface area contributed by atoms with E-state index in [1.165, 1.54) is 18.2 Å². The van der Waals surface area contributed by atoms with Crippen LogP contribution >= 0.6 is 0 Å². The summed E-state index contributed by atoms with van der Waals surface area (Å²) in [4.78, 5) is 19.3. The number of hydrogen-bond acceptors (Lipinski definition) is 5. The molecule has 1 aromatic carbocycles. The minimum absolute atomic E-state index is 0.123. The van der Waals surface area contributed by atoms with Crippen molar-refractivity contribution >= 4 is 5.91 Å². The van der Waals surface area contributed by atoms with Crippen molar-refractivity contribution in [3.8, 4) is 11.4 Å². The summed E-state index contributed by atoms with van der Waals surface area (Å²) in [5, 5.41) is 4.09. The van der Waals surface area contributed by atoms with Crippen molar-refractivity contribution in [1.29, 1.82) is 0 Å². The third kappa shape index (κ3) is 3.94. The summed E-state index contributed by atoms with van der Waals surface area (Å²) < 4.78 is 10.8. The number of aryl methyl sites for hydroxylation is 1. The average Bonchev–Trinajstić information content (AvgIpc) is 3.39. The summed E-state index contributed by atoms with van der Waals surface area (Å²) in [5.41, 5.74) is 2.08. The van der Waals surface area contributed by atoms with Crippen LogP contribution in [-0.2, 0) is 6.54 Å². The van der Waals surface area contributed by atoms with Crippen LogP contribution in [0.15, 0.2) is 51.6 Å². The molecule has 0 atom stereocenters. The highest BCUT2D eigenvalue weighted by molar-refractivity contribution is 5.91. The van der Waals surface area contributed by atoms with Gasteiger partial charge in [0.05, 0.1) is 6.26 Å². The number of amides is 1. The van der Waals surface area contributed by atoms with E-state index in [4.69, 9.17) is 8.94 Å². The second kappa shape index (κ2) is 7.78. The number of hydrogen-bond donors (Lipinski definition) is 0. The van der Waals surface area contributed by atoms with E-state index in [1.807, 2.05) is 36.1 Å². The first-order valence-corrected chi connectivity index (χ1v) is 9.45. The van der Waals surface area contributed by atoms with Crippen LogP contribution in [0.25, 0.3) is 11.4 Å². The Morgan fingerprint density at radius 2 is 1.93 bits per heavy atom. The smallest absolute Gasteiger partial charge is 0.290 e. The number of carbonyl (C=O) groups is 1. The summed E-state index contributed by atoms with van der Waals surface area (Å²) in [7, 11) is 0. The van der Waals surface area contributed by atoms with Crippen molar-refractivity contribution < 1.29 is 13.7 Å². The zero-order chi connectivity index (χ0) is 18.6. The van der Waals surface area contributed by atoms with Gasteiger partial charge in [0.2, 0.25) is 11.7 Å². The molecule has 1 aliphatic carbocycles. The van der Waals surface area contributed by atoms with E-state index < -0.39 is 0 Å². The SMILES string of the molecule is Cc1ccc(-c2noc(CN(C(=O)c3ccco3)C3CCCCC3)n2)cc1. The summed E-state index contributed by atoms with van der Waals surface area (Å²) in [6, 6.07) is 11.6. The van der Waals surface area contributed by atoms with Crippen molar-refractivity contribution in [1.82, 2.24) is 15.0 Å². The summed E-state index contributed by atoms with van der Waals surface area (Å²) >= 11 is 0. The van der Waals surface area contributed by atoms with Gasteiger partial charge in [-0.3, -0.25) is 4.79 Å². The number of carbonyl (C=O) groups excluding carboxylic acids is 1. The average molecular weight is 365 g/mol. The highest BCUT2D eigenvalue weighted by atomic mass is 16.5. The van der Waals surface area contributed by atoms with Gasteiger partial charge in [-0.05, 0) is 31.9 Å². The topological polar surface area (TPSA) is 72.4 Å². The Balaban J connectivity index is 1.56. The molecule has 140 valence electrons. The van der Waals surface area contributed by atoms with E-state index in [-0.39, 0.29) is 11.9 Å². The first-order valence-electron chi connectivity index (χ1n) is 9.45. The molecule has 0 spiro atoms. The first kappa shape index (κ1) is 17.5. The summed E-state index contributed by atoms with van der Waals surface area (Å²) in [6.07, 6.45) is 6.98. The molecule has 1 aliphatic rings. The first-order chi connectivity index (χ1) is 13.2. The van der Waals surface area contributed by atoms with Gasteiger partial charge >= 0.3 is 0 Å². The molecule has 2 heterocycles. The maximum Gasteiger partial charge on any atom is 0.290 e. The van der Waals surface area contributed by atoms with Gasteiger partial charge in [0, 0.05) is 11.6 Å². The summed E-state index contributed by atoms with van der Waals surface area (Å²) in [6.45, 7) is 2.33. The lowest BCUT2D eigenvalue weighted by molar-refractivity contribution is 0.0554. The monoisotopic (exact) mass is 365 g/mol. The lowest BCUT2D eigenvalue weighted by Gasteiger charge is -2.32. The van der Waals surface area contributed by atoms with Crippen LogP contribution in [-0.4, -0.2) is 27.0 Å². The fourth-order valence-electron chi connectivity index (χ4n) is 3.59. The normalized spacial score (nSPS) is 15.0. The highest BCUT2D eigenvalue weighted by Gasteiger charge is 2.29. The van der Waals surface area contributed by atoms with E-state index >= 15 is 0 Å². The summed E-state index contributed by atoms with van der Waals surface area (Å²) in [5.74, 6) is 1.20. The molecule has 0 unspecified atom stereocenters. The van der Waals surface area contributed by atoms with Crippen LogP contribution in [0, 0.1) is 6.92 Å². The minimum atomic E-state index is -0.123. The molecule has 0 radical (unpaired) electrons. The third-order valence-corrected chi connectivity index (χ3v) is 5.09. The molecule has 1 fully saturated rings. The molecule has 1 saturated carbocycles. The molecule has 4 rings (SSSR count). The molecule has 6 nitrogen and oxygen atoms in total. The van der Waals surface area contributed by atoms with Gasteiger partial charge in [0.15, 0.2) is 5.76 Å². The lowest BCUT2D eigenvalue weighted by atomic mass is 9.94. The van der Waals surface area contributed by atoms with Gasteiger partial charge < -0.3 is 13.8 Å². The maximum absolute atomic E-state index is 13.0. The molecule has 0 saturated heterocycles. The maximum atomic E-state index is 13.0. The van der Waals surface area contributed by atoms with Crippen LogP contribution in [0.1, 0.15) is 54.1 Å². The Labute approximate surface area is 158 Å². The molecular weight excluding hydrogens is 342 g/mol. The van der Waals surface area contributed by atoms with Gasteiger partial charge in [0.1, 0.15) is 6.54 Å². The van der Waals surface area contributed by atoms with Crippen LogP contribution in [0.4, 0.5) is 0 Å².